The predicted molar refractivity (Wildman–Crippen MR) is 101 cm³/mol. The van der Waals surface area contributed by atoms with E-state index in [1.165, 1.54) is 16.0 Å². The van der Waals surface area contributed by atoms with Crippen molar-refractivity contribution in [2.75, 3.05) is 40.4 Å². The second kappa shape index (κ2) is 8.23. The summed E-state index contributed by atoms with van der Waals surface area (Å²) in [6.07, 6.45) is 0. The predicted octanol–water partition coefficient (Wildman–Crippen LogP) is 1.55. The lowest BCUT2D eigenvalue weighted by atomic mass is 10.1. The maximum absolute atomic E-state index is 12.9. The average Bonchev–Trinajstić information content (AvgIpc) is 2.67. The van der Waals surface area contributed by atoms with Gasteiger partial charge in [0, 0.05) is 17.2 Å². The Hall–Kier alpha value is -2.53. The molecular weight excluding hydrogens is 328 g/mol. The molecule has 0 saturated carbocycles. The summed E-state index contributed by atoms with van der Waals surface area (Å²) in [7, 11) is 3.19. The van der Waals surface area contributed by atoms with Crippen molar-refractivity contribution in [2.45, 2.75) is 13.5 Å². The number of carbonyl (C=O) groups is 1. The Morgan fingerprint density at radius 3 is 2.27 bits per heavy atom. The molecule has 1 saturated heterocycles. The molecule has 1 amide bonds. The van der Waals surface area contributed by atoms with E-state index in [9.17, 15) is 4.79 Å². The summed E-state index contributed by atoms with van der Waals surface area (Å²) >= 11 is 0. The highest BCUT2D eigenvalue weighted by Gasteiger charge is 2.25. The van der Waals surface area contributed by atoms with Crippen LogP contribution in [0, 0.1) is 6.92 Å². The lowest BCUT2D eigenvalue weighted by Crippen LogP contribution is -3.13. The minimum atomic E-state index is 0.0387. The molecule has 2 aromatic rings. The minimum Gasteiger partial charge on any atom is -0.497 e. The monoisotopic (exact) mass is 355 g/mol. The standard InChI is InChI=1S/C21H26N2O3/c1-16-5-4-6-17(11-16)15-22-7-9-23(10-8-22)21(24)18-12-19(25-2)14-20(13-18)26-3/h4-6,11-14H,7-10,15H2,1-3H3/p+1. The Labute approximate surface area is 155 Å². The Morgan fingerprint density at radius 2 is 1.69 bits per heavy atom. The summed E-state index contributed by atoms with van der Waals surface area (Å²) in [6.45, 7) is 6.58. The maximum Gasteiger partial charge on any atom is 0.254 e. The molecule has 1 fully saturated rings. The number of aryl methyl sites for hydroxylation is 1. The van der Waals surface area contributed by atoms with Crippen molar-refractivity contribution in [1.29, 1.82) is 0 Å². The van der Waals surface area contributed by atoms with E-state index in [1.807, 2.05) is 4.90 Å². The average molecular weight is 355 g/mol. The van der Waals surface area contributed by atoms with E-state index in [-0.39, 0.29) is 5.91 Å². The van der Waals surface area contributed by atoms with Gasteiger partial charge in [-0.15, -0.1) is 0 Å². The topological polar surface area (TPSA) is 43.2 Å². The van der Waals surface area contributed by atoms with Crippen molar-refractivity contribution in [1.82, 2.24) is 4.90 Å². The summed E-state index contributed by atoms with van der Waals surface area (Å²) in [5, 5.41) is 0. The van der Waals surface area contributed by atoms with E-state index in [2.05, 4.69) is 31.2 Å². The quantitative estimate of drug-likeness (QED) is 0.885. The number of quaternary nitrogens is 1. The van der Waals surface area contributed by atoms with E-state index in [4.69, 9.17) is 9.47 Å². The van der Waals surface area contributed by atoms with Gasteiger partial charge in [-0.1, -0.05) is 29.8 Å². The van der Waals surface area contributed by atoms with Gasteiger partial charge in [-0.2, -0.15) is 0 Å². The number of nitrogens with zero attached hydrogens (tertiary/aromatic N) is 1. The number of amides is 1. The fourth-order valence-corrected chi connectivity index (χ4v) is 3.43. The molecular formula is C21H27N2O3+. The number of hydrogen-bond donors (Lipinski definition) is 1. The van der Waals surface area contributed by atoms with Gasteiger partial charge in [0.1, 0.15) is 18.0 Å². The highest BCUT2D eigenvalue weighted by Crippen LogP contribution is 2.23. The highest BCUT2D eigenvalue weighted by atomic mass is 16.5. The molecule has 26 heavy (non-hydrogen) atoms. The Kier molecular flexibility index (Phi) is 5.78. The maximum atomic E-state index is 12.9. The molecule has 1 aliphatic heterocycles. The second-order valence-electron chi connectivity index (χ2n) is 6.81. The van der Waals surface area contributed by atoms with Crippen LogP contribution >= 0.6 is 0 Å². The van der Waals surface area contributed by atoms with Gasteiger partial charge >= 0.3 is 0 Å². The van der Waals surface area contributed by atoms with Gasteiger partial charge in [0.15, 0.2) is 0 Å². The zero-order valence-corrected chi connectivity index (χ0v) is 15.7. The number of carbonyl (C=O) groups excluding carboxylic acids is 1. The van der Waals surface area contributed by atoms with Crippen molar-refractivity contribution < 1.29 is 19.2 Å². The summed E-state index contributed by atoms with van der Waals surface area (Å²) in [5.41, 5.74) is 3.27. The fraction of sp³-hybridized carbons (Fsp3) is 0.381. The number of hydrogen-bond acceptors (Lipinski definition) is 3. The highest BCUT2D eigenvalue weighted by molar-refractivity contribution is 5.95. The first kappa shape index (κ1) is 18.3. The van der Waals surface area contributed by atoms with Crippen molar-refractivity contribution >= 4 is 5.91 Å². The van der Waals surface area contributed by atoms with Crippen molar-refractivity contribution in [3.63, 3.8) is 0 Å². The molecule has 5 nitrogen and oxygen atoms in total. The number of methoxy groups -OCH3 is 2. The SMILES string of the molecule is COc1cc(OC)cc(C(=O)N2CC[NH+](Cc3cccc(C)c3)CC2)c1. The van der Waals surface area contributed by atoms with Crippen LogP contribution < -0.4 is 14.4 Å². The summed E-state index contributed by atoms with van der Waals surface area (Å²) < 4.78 is 10.5. The third-order valence-electron chi connectivity index (χ3n) is 4.89. The van der Waals surface area contributed by atoms with Gasteiger partial charge in [0.2, 0.25) is 0 Å². The number of rotatable bonds is 5. The van der Waals surface area contributed by atoms with E-state index in [0.29, 0.717) is 17.1 Å². The zero-order chi connectivity index (χ0) is 18.5. The number of benzene rings is 2. The Bertz CT molecular complexity index is 745. The van der Waals surface area contributed by atoms with Gasteiger partial charge < -0.3 is 19.3 Å². The molecule has 0 spiro atoms. The van der Waals surface area contributed by atoms with Crippen molar-refractivity contribution in [2.24, 2.45) is 0 Å². The first-order valence-electron chi connectivity index (χ1n) is 9.00. The van der Waals surface area contributed by atoms with Crippen molar-refractivity contribution in [3.8, 4) is 11.5 Å². The molecule has 0 aromatic heterocycles. The van der Waals surface area contributed by atoms with E-state index >= 15 is 0 Å². The van der Waals surface area contributed by atoms with Crippen LogP contribution in [0.1, 0.15) is 21.5 Å². The molecule has 0 aliphatic carbocycles. The van der Waals surface area contributed by atoms with Crippen LogP contribution in [0.2, 0.25) is 0 Å². The molecule has 5 heteroatoms. The molecule has 1 aliphatic rings. The molecule has 0 bridgehead atoms. The van der Waals surface area contributed by atoms with Crippen LogP contribution in [-0.2, 0) is 6.54 Å². The second-order valence-corrected chi connectivity index (χ2v) is 6.81. The third-order valence-corrected chi connectivity index (χ3v) is 4.89. The number of ether oxygens (including phenoxy) is 2. The third kappa shape index (κ3) is 4.35. The fourth-order valence-electron chi connectivity index (χ4n) is 3.43. The van der Waals surface area contributed by atoms with Crippen LogP contribution in [0.5, 0.6) is 11.5 Å². The van der Waals surface area contributed by atoms with Crippen LogP contribution in [0.15, 0.2) is 42.5 Å². The molecule has 1 N–H and O–H groups in total. The first-order valence-corrected chi connectivity index (χ1v) is 9.00. The molecule has 138 valence electrons. The Balaban J connectivity index is 1.61. The smallest absolute Gasteiger partial charge is 0.254 e. The lowest BCUT2D eigenvalue weighted by Gasteiger charge is -2.32. The van der Waals surface area contributed by atoms with Gasteiger partial charge in [-0.3, -0.25) is 4.79 Å². The van der Waals surface area contributed by atoms with Crippen LogP contribution in [0.3, 0.4) is 0 Å². The summed E-state index contributed by atoms with van der Waals surface area (Å²) in [5.74, 6) is 1.31. The molecule has 3 rings (SSSR count). The van der Waals surface area contributed by atoms with Crippen LogP contribution in [0.25, 0.3) is 0 Å². The van der Waals surface area contributed by atoms with E-state index < -0.39 is 0 Å². The molecule has 0 radical (unpaired) electrons. The lowest BCUT2D eigenvalue weighted by molar-refractivity contribution is -0.917. The van der Waals surface area contributed by atoms with Crippen LogP contribution in [-0.4, -0.2) is 51.2 Å². The molecule has 2 aromatic carbocycles. The van der Waals surface area contributed by atoms with E-state index in [0.717, 1.165) is 32.7 Å². The normalized spacial score (nSPS) is 15.0. The van der Waals surface area contributed by atoms with E-state index in [1.54, 1.807) is 32.4 Å². The largest absolute Gasteiger partial charge is 0.497 e. The van der Waals surface area contributed by atoms with Gasteiger partial charge in [0.25, 0.3) is 5.91 Å². The zero-order valence-electron chi connectivity index (χ0n) is 15.7. The summed E-state index contributed by atoms with van der Waals surface area (Å²) in [4.78, 5) is 16.3. The number of nitrogens with one attached hydrogen (secondary N) is 1. The van der Waals surface area contributed by atoms with Crippen LogP contribution in [0.4, 0.5) is 0 Å². The Morgan fingerprint density at radius 1 is 1.04 bits per heavy atom. The number of piperazine rings is 1. The van der Waals surface area contributed by atoms with Gasteiger partial charge in [-0.25, -0.2) is 0 Å². The van der Waals surface area contributed by atoms with Gasteiger partial charge in [0.05, 0.1) is 40.4 Å². The molecule has 1 heterocycles. The molecule has 0 atom stereocenters. The minimum absolute atomic E-state index is 0.0387. The van der Waals surface area contributed by atoms with Crippen molar-refractivity contribution in [3.05, 3.63) is 59.2 Å². The molecule has 0 unspecified atom stereocenters. The first-order chi connectivity index (χ1) is 12.6. The summed E-state index contributed by atoms with van der Waals surface area (Å²) in [6, 6.07) is 14.0. The van der Waals surface area contributed by atoms with Gasteiger partial charge in [-0.05, 0) is 19.1 Å².